The van der Waals surface area contributed by atoms with Gasteiger partial charge in [-0.25, -0.2) is 4.39 Å². The number of alkyl halides is 1. The SMILES string of the molecule is CC(C)(C)C#CC(C)(O)CF. The lowest BCUT2D eigenvalue weighted by Crippen LogP contribution is -2.24. The molecule has 11 heavy (non-hydrogen) atoms. The summed E-state index contributed by atoms with van der Waals surface area (Å²) in [5, 5.41) is 9.14. The molecule has 0 aliphatic rings. The molecule has 0 aromatic rings. The predicted molar refractivity (Wildman–Crippen MR) is 43.8 cm³/mol. The van der Waals surface area contributed by atoms with Gasteiger partial charge in [-0.1, -0.05) is 11.8 Å². The van der Waals surface area contributed by atoms with Crippen LogP contribution in [0.5, 0.6) is 0 Å². The molecule has 0 radical (unpaired) electrons. The smallest absolute Gasteiger partial charge is 0.150 e. The molecule has 1 unspecified atom stereocenters. The van der Waals surface area contributed by atoms with E-state index in [4.69, 9.17) is 5.11 Å². The molecule has 0 aromatic heterocycles. The molecule has 0 amide bonds. The average Bonchev–Trinajstić information content (AvgIpc) is 1.83. The minimum absolute atomic E-state index is 0.181. The molecule has 1 atom stereocenters. The zero-order valence-electron chi connectivity index (χ0n) is 7.53. The van der Waals surface area contributed by atoms with Crippen LogP contribution in [0, 0.1) is 17.3 Å². The van der Waals surface area contributed by atoms with E-state index in [9.17, 15) is 4.39 Å². The maximum Gasteiger partial charge on any atom is 0.150 e. The Morgan fingerprint density at radius 1 is 1.18 bits per heavy atom. The number of hydrogen-bond acceptors (Lipinski definition) is 1. The van der Waals surface area contributed by atoms with Gasteiger partial charge in [-0.05, 0) is 27.7 Å². The molecular formula is C9H15FO. The van der Waals surface area contributed by atoms with Crippen LogP contribution in [-0.2, 0) is 0 Å². The van der Waals surface area contributed by atoms with Crippen molar-refractivity contribution in [3.63, 3.8) is 0 Å². The molecule has 0 heterocycles. The van der Waals surface area contributed by atoms with Crippen LogP contribution in [0.4, 0.5) is 4.39 Å². The van der Waals surface area contributed by atoms with Crippen molar-refractivity contribution in [1.29, 1.82) is 0 Å². The van der Waals surface area contributed by atoms with Gasteiger partial charge in [0.2, 0.25) is 0 Å². The Labute approximate surface area is 67.6 Å². The molecule has 1 nitrogen and oxygen atoms in total. The largest absolute Gasteiger partial charge is 0.375 e. The second kappa shape index (κ2) is 3.23. The first-order valence-corrected chi connectivity index (χ1v) is 3.59. The highest BCUT2D eigenvalue weighted by molar-refractivity contribution is 5.16. The van der Waals surface area contributed by atoms with Crippen LogP contribution in [0.3, 0.4) is 0 Å². The van der Waals surface area contributed by atoms with Crippen molar-refractivity contribution < 1.29 is 9.50 Å². The van der Waals surface area contributed by atoms with Gasteiger partial charge in [-0.15, -0.1) is 0 Å². The van der Waals surface area contributed by atoms with Crippen molar-refractivity contribution in [3.8, 4) is 11.8 Å². The van der Waals surface area contributed by atoms with Crippen LogP contribution in [-0.4, -0.2) is 17.4 Å². The highest BCUT2D eigenvalue weighted by atomic mass is 19.1. The van der Waals surface area contributed by atoms with E-state index in [0.29, 0.717) is 0 Å². The summed E-state index contributed by atoms with van der Waals surface area (Å²) in [5.74, 6) is 5.25. The lowest BCUT2D eigenvalue weighted by molar-refractivity contribution is 0.0901. The monoisotopic (exact) mass is 158 g/mol. The third-order valence-corrected chi connectivity index (χ3v) is 0.967. The van der Waals surface area contributed by atoms with Gasteiger partial charge in [0, 0.05) is 5.41 Å². The third-order valence-electron chi connectivity index (χ3n) is 0.967. The summed E-state index contributed by atoms with van der Waals surface area (Å²) in [5.41, 5.74) is -1.66. The third kappa shape index (κ3) is 5.87. The molecule has 0 aromatic carbocycles. The Balaban J connectivity index is 4.29. The van der Waals surface area contributed by atoms with Crippen LogP contribution < -0.4 is 0 Å². The van der Waals surface area contributed by atoms with E-state index >= 15 is 0 Å². The lowest BCUT2D eigenvalue weighted by Gasteiger charge is -2.13. The molecule has 0 saturated carbocycles. The number of hydrogen-bond donors (Lipinski definition) is 1. The predicted octanol–water partition coefficient (Wildman–Crippen LogP) is 1.76. The van der Waals surface area contributed by atoms with Gasteiger partial charge in [-0.2, -0.15) is 0 Å². The van der Waals surface area contributed by atoms with Crippen LogP contribution in [0.15, 0.2) is 0 Å². The Hall–Kier alpha value is -0.550. The van der Waals surface area contributed by atoms with Gasteiger partial charge in [0.05, 0.1) is 0 Å². The van der Waals surface area contributed by atoms with Crippen LogP contribution in [0.1, 0.15) is 27.7 Å². The molecule has 0 spiro atoms. The molecular weight excluding hydrogens is 143 g/mol. The highest BCUT2D eigenvalue weighted by Gasteiger charge is 2.16. The summed E-state index contributed by atoms with van der Waals surface area (Å²) in [6.45, 7) is 6.28. The van der Waals surface area contributed by atoms with Crippen molar-refractivity contribution in [3.05, 3.63) is 0 Å². The van der Waals surface area contributed by atoms with Crippen LogP contribution >= 0.6 is 0 Å². The fourth-order valence-corrected chi connectivity index (χ4v) is 0.356. The maximum absolute atomic E-state index is 12.0. The standard InChI is InChI=1S/C9H15FO/c1-8(2,3)5-6-9(4,11)7-10/h11H,7H2,1-4H3. The summed E-state index contributed by atoms with van der Waals surface area (Å²) in [6, 6.07) is 0. The van der Waals surface area contributed by atoms with Crippen molar-refractivity contribution in [2.45, 2.75) is 33.3 Å². The first-order valence-electron chi connectivity index (χ1n) is 3.59. The minimum atomic E-state index is -1.48. The minimum Gasteiger partial charge on any atom is -0.375 e. The Kier molecular flexibility index (Phi) is 3.07. The van der Waals surface area contributed by atoms with Crippen LogP contribution in [0.25, 0.3) is 0 Å². The van der Waals surface area contributed by atoms with Gasteiger partial charge in [0.1, 0.15) is 6.67 Å². The summed E-state index contributed by atoms with van der Waals surface area (Å²) in [4.78, 5) is 0. The number of aliphatic hydroxyl groups is 1. The van der Waals surface area contributed by atoms with Gasteiger partial charge in [0.25, 0.3) is 0 Å². The van der Waals surface area contributed by atoms with Gasteiger partial charge in [0.15, 0.2) is 5.60 Å². The summed E-state index contributed by atoms with van der Waals surface area (Å²) in [7, 11) is 0. The molecule has 0 aliphatic carbocycles. The second-order valence-corrected chi connectivity index (χ2v) is 3.91. The zero-order chi connectivity index (χ0) is 9.12. The van der Waals surface area contributed by atoms with Crippen molar-refractivity contribution in [2.75, 3.05) is 6.67 Å². The van der Waals surface area contributed by atoms with E-state index in [-0.39, 0.29) is 5.41 Å². The topological polar surface area (TPSA) is 20.2 Å². The first-order chi connectivity index (χ1) is 4.77. The number of halogens is 1. The quantitative estimate of drug-likeness (QED) is 0.576. The van der Waals surface area contributed by atoms with Crippen LogP contribution in [0.2, 0.25) is 0 Å². The summed E-state index contributed by atoms with van der Waals surface area (Å²) >= 11 is 0. The van der Waals surface area contributed by atoms with E-state index in [0.717, 1.165) is 0 Å². The molecule has 0 fully saturated rings. The van der Waals surface area contributed by atoms with E-state index in [1.807, 2.05) is 20.8 Å². The molecule has 0 bridgehead atoms. The first kappa shape index (κ1) is 10.4. The molecule has 64 valence electrons. The maximum atomic E-state index is 12.0. The molecule has 0 saturated heterocycles. The lowest BCUT2D eigenvalue weighted by atomic mass is 9.96. The molecule has 1 N–H and O–H groups in total. The average molecular weight is 158 g/mol. The fraction of sp³-hybridized carbons (Fsp3) is 0.778. The van der Waals surface area contributed by atoms with Crippen molar-refractivity contribution in [2.24, 2.45) is 5.41 Å². The Bertz CT molecular complexity index is 178. The van der Waals surface area contributed by atoms with E-state index in [1.54, 1.807) is 0 Å². The Morgan fingerprint density at radius 3 is 1.91 bits per heavy atom. The fourth-order valence-electron chi connectivity index (χ4n) is 0.356. The van der Waals surface area contributed by atoms with Gasteiger partial charge >= 0.3 is 0 Å². The van der Waals surface area contributed by atoms with E-state index in [2.05, 4.69) is 11.8 Å². The van der Waals surface area contributed by atoms with Crippen molar-refractivity contribution in [1.82, 2.24) is 0 Å². The molecule has 0 aliphatic heterocycles. The second-order valence-electron chi connectivity index (χ2n) is 3.91. The summed E-state index contributed by atoms with van der Waals surface area (Å²) < 4.78 is 12.0. The van der Waals surface area contributed by atoms with E-state index in [1.165, 1.54) is 6.92 Å². The van der Waals surface area contributed by atoms with Gasteiger partial charge < -0.3 is 5.11 Å². The normalized spacial score (nSPS) is 16.5. The molecule has 0 rings (SSSR count). The molecule has 2 heteroatoms. The highest BCUT2D eigenvalue weighted by Crippen LogP contribution is 2.11. The van der Waals surface area contributed by atoms with Gasteiger partial charge in [-0.3, -0.25) is 0 Å². The number of rotatable bonds is 1. The summed E-state index contributed by atoms with van der Waals surface area (Å²) in [6.07, 6.45) is 0. The van der Waals surface area contributed by atoms with Crippen molar-refractivity contribution >= 4 is 0 Å². The van der Waals surface area contributed by atoms with E-state index < -0.39 is 12.3 Å². The zero-order valence-corrected chi connectivity index (χ0v) is 7.53. The Morgan fingerprint density at radius 2 is 1.64 bits per heavy atom.